The summed E-state index contributed by atoms with van der Waals surface area (Å²) in [5.74, 6) is 0.00319. The highest BCUT2D eigenvalue weighted by Gasteiger charge is 2.34. The van der Waals surface area contributed by atoms with Crippen molar-refractivity contribution < 1.29 is 14.7 Å². The molecule has 0 spiro atoms. The summed E-state index contributed by atoms with van der Waals surface area (Å²) >= 11 is 0. The average Bonchev–Trinajstić information content (AvgIpc) is 2.72. The monoisotopic (exact) mass is 184 g/mol. The summed E-state index contributed by atoms with van der Waals surface area (Å²) in [6, 6.07) is -0.433. The maximum Gasteiger partial charge on any atom is 0.255 e. The molecule has 0 unspecified atom stereocenters. The number of ketones is 1. The summed E-state index contributed by atoms with van der Waals surface area (Å²) < 4.78 is 5.04. The van der Waals surface area contributed by atoms with Crippen molar-refractivity contribution in [3.05, 3.63) is 0 Å². The van der Waals surface area contributed by atoms with E-state index in [0.717, 1.165) is 11.5 Å². The molecule has 1 atom stereocenters. The van der Waals surface area contributed by atoms with Crippen LogP contribution in [0.5, 0.6) is 0 Å². The first-order valence-electron chi connectivity index (χ1n) is 4.46. The van der Waals surface area contributed by atoms with E-state index in [2.05, 4.69) is 4.99 Å². The third kappa shape index (κ3) is 1.57. The molecule has 5 heteroatoms. The molecule has 72 valence electrons. The number of nitrogens with zero attached hydrogens (tertiary/aromatic N) is 2. The molecule has 1 fully saturated rings. The number of carbonyl (C=O) groups is 1. The lowest BCUT2D eigenvalue weighted by Crippen LogP contribution is -2.37. The van der Waals surface area contributed by atoms with Crippen LogP contribution in [0, 0.1) is 0 Å². The quantitative estimate of drug-likeness (QED) is 0.647. The van der Waals surface area contributed by atoms with E-state index in [-0.39, 0.29) is 11.7 Å². The Labute approximate surface area is 76.0 Å². The van der Waals surface area contributed by atoms with E-state index < -0.39 is 6.04 Å². The predicted molar refractivity (Wildman–Crippen MR) is 44.8 cm³/mol. The molecule has 0 radical (unpaired) electrons. The van der Waals surface area contributed by atoms with Crippen LogP contribution >= 0.6 is 0 Å². The topological polar surface area (TPSA) is 62.1 Å². The minimum absolute atomic E-state index is 0.183. The first kappa shape index (κ1) is 8.65. The average molecular weight is 184 g/mol. The summed E-state index contributed by atoms with van der Waals surface area (Å²) in [6.07, 6.45) is 1.54. The van der Waals surface area contributed by atoms with Crippen molar-refractivity contribution in [2.75, 3.05) is 19.7 Å². The lowest BCUT2D eigenvalue weighted by atomic mass is 10.1. The summed E-state index contributed by atoms with van der Waals surface area (Å²) in [7, 11) is 0. The fourth-order valence-corrected chi connectivity index (χ4v) is 1.64. The van der Waals surface area contributed by atoms with E-state index in [1.54, 1.807) is 0 Å². The number of hydroxylamine groups is 2. The van der Waals surface area contributed by atoms with Gasteiger partial charge in [0.1, 0.15) is 12.6 Å². The van der Waals surface area contributed by atoms with Crippen molar-refractivity contribution in [3.63, 3.8) is 0 Å². The third-order valence-electron chi connectivity index (χ3n) is 2.32. The minimum Gasteiger partial charge on any atom is -0.473 e. The molecule has 5 nitrogen and oxygen atoms in total. The molecule has 0 aliphatic carbocycles. The zero-order valence-electron chi connectivity index (χ0n) is 7.27. The van der Waals surface area contributed by atoms with Gasteiger partial charge in [-0.25, -0.2) is 4.99 Å². The van der Waals surface area contributed by atoms with Gasteiger partial charge in [0.25, 0.3) is 5.90 Å². The number of Topliss-reactive ketones (excluding diaryl/α,β-unsaturated/α-hetero) is 1. The van der Waals surface area contributed by atoms with Gasteiger partial charge in [-0.1, -0.05) is 0 Å². The second-order valence-electron chi connectivity index (χ2n) is 3.22. The number of ether oxygens (including phenoxy) is 1. The van der Waals surface area contributed by atoms with Crippen molar-refractivity contribution >= 4 is 11.7 Å². The zero-order valence-corrected chi connectivity index (χ0v) is 7.27. The van der Waals surface area contributed by atoms with Crippen molar-refractivity contribution in [1.82, 2.24) is 5.06 Å². The second kappa shape index (κ2) is 3.43. The van der Waals surface area contributed by atoms with Crippen LogP contribution in [0.3, 0.4) is 0 Å². The first-order chi connectivity index (χ1) is 6.29. The summed E-state index contributed by atoms with van der Waals surface area (Å²) in [5.41, 5.74) is 0. The van der Waals surface area contributed by atoms with Crippen LogP contribution in [0.2, 0.25) is 0 Å². The fourth-order valence-electron chi connectivity index (χ4n) is 1.64. The van der Waals surface area contributed by atoms with Gasteiger partial charge >= 0.3 is 0 Å². The molecule has 0 aromatic carbocycles. The van der Waals surface area contributed by atoms with Gasteiger partial charge in [-0.15, -0.1) is 0 Å². The molecule has 13 heavy (non-hydrogen) atoms. The largest absolute Gasteiger partial charge is 0.473 e. The Morgan fingerprint density at radius 3 is 3.08 bits per heavy atom. The van der Waals surface area contributed by atoms with Crippen molar-refractivity contribution in [3.8, 4) is 0 Å². The lowest BCUT2D eigenvalue weighted by Gasteiger charge is -2.15. The second-order valence-corrected chi connectivity index (χ2v) is 3.22. The third-order valence-corrected chi connectivity index (χ3v) is 2.32. The number of carbonyl (C=O) groups excluding carboxylic acids is 1. The van der Waals surface area contributed by atoms with Gasteiger partial charge in [-0.2, -0.15) is 5.06 Å². The normalized spacial score (nSPS) is 28.7. The van der Waals surface area contributed by atoms with Crippen LogP contribution in [0.25, 0.3) is 0 Å². The van der Waals surface area contributed by atoms with E-state index in [1.807, 2.05) is 0 Å². The standard InChI is InChI=1S/C8H12N2O3/c11-7(8-9-3-5-13-8)6-2-1-4-10(6)12/h6,12H,1-5H2/t6-/m0/s1. The Morgan fingerprint density at radius 1 is 1.69 bits per heavy atom. The highest BCUT2D eigenvalue weighted by Crippen LogP contribution is 2.16. The van der Waals surface area contributed by atoms with E-state index in [1.165, 1.54) is 0 Å². The Bertz CT molecular complexity index is 252. The molecular weight excluding hydrogens is 172 g/mol. The number of rotatable bonds is 2. The van der Waals surface area contributed by atoms with Crippen LogP contribution in [-0.4, -0.2) is 47.7 Å². The van der Waals surface area contributed by atoms with Crippen LogP contribution in [0.15, 0.2) is 4.99 Å². The molecular formula is C8H12N2O3. The van der Waals surface area contributed by atoms with Crippen LogP contribution in [0.4, 0.5) is 0 Å². The maximum absolute atomic E-state index is 11.6. The Hall–Kier alpha value is -0.940. The predicted octanol–water partition coefficient (Wildman–Crippen LogP) is -0.162. The van der Waals surface area contributed by atoms with Gasteiger partial charge < -0.3 is 9.94 Å². The van der Waals surface area contributed by atoms with Gasteiger partial charge in [-0.3, -0.25) is 4.79 Å². The van der Waals surface area contributed by atoms with Gasteiger partial charge in [0.15, 0.2) is 0 Å². The molecule has 0 bridgehead atoms. The van der Waals surface area contributed by atoms with Gasteiger partial charge in [0.2, 0.25) is 5.78 Å². The summed E-state index contributed by atoms with van der Waals surface area (Å²) in [4.78, 5) is 15.5. The Kier molecular flexibility index (Phi) is 2.28. The highest BCUT2D eigenvalue weighted by molar-refractivity contribution is 6.38. The van der Waals surface area contributed by atoms with Crippen molar-refractivity contribution in [2.45, 2.75) is 18.9 Å². The molecule has 0 saturated carbocycles. The maximum atomic E-state index is 11.6. The van der Waals surface area contributed by atoms with Gasteiger partial charge in [0, 0.05) is 6.54 Å². The van der Waals surface area contributed by atoms with Crippen molar-refractivity contribution in [1.29, 1.82) is 0 Å². The summed E-state index contributed by atoms with van der Waals surface area (Å²) in [6.45, 7) is 1.60. The Morgan fingerprint density at radius 2 is 2.54 bits per heavy atom. The molecule has 2 heterocycles. The molecule has 0 aromatic heterocycles. The number of aliphatic imine (C=N–C) groups is 1. The minimum atomic E-state index is -0.433. The van der Waals surface area contributed by atoms with Crippen LogP contribution in [0.1, 0.15) is 12.8 Å². The number of hydrogen-bond donors (Lipinski definition) is 1. The Balaban J connectivity index is 2.03. The molecule has 1 saturated heterocycles. The SMILES string of the molecule is O=C(C1=NCCO1)[C@@H]1CCCN1O. The molecule has 2 rings (SSSR count). The first-order valence-corrected chi connectivity index (χ1v) is 4.46. The van der Waals surface area contributed by atoms with E-state index in [9.17, 15) is 10.0 Å². The molecule has 1 N–H and O–H groups in total. The van der Waals surface area contributed by atoms with E-state index >= 15 is 0 Å². The highest BCUT2D eigenvalue weighted by atomic mass is 16.5. The molecule has 0 aromatic rings. The van der Waals surface area contributed by atoms with E-state index in [0.29, 0.717) is 26.1 Å². The van der Waals surface area contributed by atoms with Crippen molar-refractivity contribution in [2.24, 2.45) is 4.99 Å². The number of hydrogen-bond acceptors (Lipinski definition) is 5. The van der Waals surface area contributed by atoms with Gasteiger partial charge in [-0.05, 0) is 12.8 Å². The smallest absolute Gasteiger partial charge is 0.255 e. The van der Waals surface area contributed by atoms with Crippen LogP contribution in [-0.2, 0) is 9.53 Å². The van der Waals surface area contributed by atoms with Crippen LogP contribution < -0.4 is 0 Å². The molecule has 2 aliphatic rings. The zero-order chi connectivity index (χ0) is 9.26. The fraction of sp³-hybridized carbons (Fsp3) is 0.750. The van der Waals surface area contributed by atoms with Gasteiger partial charge in [0.05, 0.1) is 6.54 Å². The lowest BCUT2D eigenvalue weighted by molar-refractivity contribution is -0.138. The molecule has 0 amide bonds. The van der Waals surface area contributed by atoms with E-state index in [4.69, 9.17) is 4.74 Å². The molecule has 2 aliphatic heterocycles. The summed E-state index contributed by atoms with van der Waals surface area (Å²) in [5, 5.41) is 10.4.